The van der Waals surface area contributed by atoms with Gasteiger partial charge in [-0.3, -0.25) is 4.98 Å². The van der Waals surface area contributed by atoms with E-state index in [-0.39, 0.29) is 0 Å². The van der Waals surface area contributed by atoms with Crippen molar-refractivity contribution < 1.29 is 0 Å². The highest BCUT2D eigenvalue weighted by atomic mass is 15.0. The molecular weight excluding hydrogens is 232 g/mol. The van der Waals surface area contributed by atoms with Gasteiger partial charge in [0.15, 0.2) is 0 Å². The van der Waals surface area contributed by atoms with Crippen LogP contribution in [0.3, 0.4) is 0 Å². The number of anilines is 1. The molecule has 0 spiro atoms. The van der Waals surface area contributed by atoms with Gasteiger partial charge in [-0.2, -0.15) is 0 Å². The molecule has 1 N–H and O–H groups in total. The van der Waals surface area contributed by atoms with Gasteiger partial charge < -0.3 is 5.32 Å². The topological polar surface area (TPSA) is 24.9 Å². The Morgan fingerprint density at radius 1 is 1.05 bits per heavy atom. The standard InChI is InChI=1S/C17H20N2/c1-12-6-3-4-7-16(12)14-10-15(11-14)19-17-8-5-9-18-13(17)2/h3-9,14-15,19H,10-11H2,1-2H3. The molecule has 2 nitrogen and oxygen atoms in total. The lowest BCUT2D eigenvalue weighted by Crippen LogP contribution is -2.34. The van der Waals surface area contributed by atoms with Crippen LogP contribution < -0.4 is 5.32 Å². The molecule has 1 aliphatic rings. The average molecular weight is 252 g/mol. The molecule has 98 valence electrons. The molecule has 1 aliphatic carbocycles. The van der Waals surface area contributed by atoms with Gasteiger partial charge in [0, 0.05) is 12.2 Å². The fourth-order valence-corrected chi connectivity index (χ4v) is 2.89. The fourth-order valence-electron chi connectivity index (χ4n) is 2.89. The molecule has 0 atom stereocenters. The number of rotatable bonds is 3. The van der Waals surface area contributed by atoms with Crippen molar-refractivity contribution in [1.82, 2.24) is 4.98 Å². The zero-order chi connectivity index (χ0) is 13.2. The Morgan fingerprint density at radius 3 is 2.58 bits per heavy atom. The van der Waals surface area contributed by atoms with Crippen molar-refractivity contribution >= 4 is 5.69 Å². The Morgan fingerprint density at radius 2 is 1.84 bits per heavy atom. The van der Waals surface area contributed by atoms with Crippen LogP contribution in [-0.2, 0) is 0 Å². The SMILES string of the molecule is Cc1ccccc1C1CC(Nc2cccnc2C)C1. The minimum absolute atomic E-state index is 0.590. The Bertz CT molecular complexity index is 571. The van der Waals surface area contributed by atoms with Crippen molar-refractivity contribution in [2.45, 2.75) is 38.6 Å². The molecular formula is C17H20N2. The third-order valence-electron chi connectivity index (χ3n) is 4.13. The first-order valence-electron chi connectivity index (χ1n) is 6.97. The average Bonchev–Trinajstić information content (AvgIpc) is 2.37. The minimum atomic E-state index is 0.590. The van der Waals surface area contributed by atoms with Crippen LogP contribution in [0.5, 0.6) is 0 Å². The Hall–Kier alpha value is -1.83. The van der Waals surface area contributed by atoms with Crippen LogP contribution in [-0.4, -0.2) is 11.0 Å². The Kier molecular flexibility index (Phi) is 3.24. The van der Waals surface area contributed by atoms with Crippen LogP contribution in [0.4, 0.5) is 5.69 Å². The van der Waals surface area contributed by atoms with Crippen molar-refractivity contribution in [2.75, 3.05) is 5.32 Å². The first kappa shape index (κ1) is 12.2. The van der Waals surface area contributed by atoms with E-state index in [4.69, 9.17) is 0 Å². The summed E-state index contributed by atoms with van der Waals surface area (Å²) in [5.74, 6) is 0.718. The zero-order valence-corrected chi connectivity index (χ0v) is 11.6. The number of hydrogen-bond acceptors (Lipinski definition) is 2. The van der Waals surface area contributed by atoms with E-state index >= 15 is 0 Å². The molecule has 0 saturated heterocycles. The van der Waals surface area contributed by atoms with E-state index in [2.05, 4.69) is 54.5 Å². The number of aryl methyl sites for hydroxylation is 2. The van der Waals surface area contributed by atoms with E-state index in [1.807, 2.05) is 12.3 Å². The van der Waals surface area contributed by atoms with Crippen molar-refractivity contribution in [3.63, 3.8) is 0 Å². The number of hydrogen-bond donors (Lipinski definition) is 1. The second-order valence-electron chi connectivity index (χ2n) is 5.50. The Labute approximate surface area is 114 Å². The molecule has 0 bridgehead atoms. The molecule has 19 heavy (non-hydrogen) atoms. The van der Waals surface area contributed by atoms with E-state index < -0.39 is 0 Å². The molecule has 1 heterocycles. The summed E-state index contributed by atoms with van der Waals surface area (Å²) < 4.78 is 0. The number of aromatic nitrogens is 1. The summed E-state index contributed by atoms with van der Waals surface area (Å²) in [6, 6.07) is 13.4. The highest BCUT2D eigenvalue weighted by Gasteiger charge is 2.31. The molecule has 2 aromatic rings. The van der Waals surface area contributed by atoms with Crippen molar-refractivity contribution in [3.05, 3.63) is 59.4 Å². The molecule has 0 aliphatic heterocycles. The van der Waals surface area contributed by atoms with Gasteiger partial charge in [0.1, 0.15) is 0 Å². The number of pyridine rings is 1. The summed E-state index contributed by atoms with van der Waals surface area (Å²) in [5.41, 5.74) is 5.20. The molecule has 2 heteroatoms. The predicted octanol–water partition coefficient (Wildman–Crippen LogP) is 4.06. The van der Waals surface area contributed by atoms with Crippen LogP contribution in [0.25, 0.3) is 0 Å². The van der Waals surface area contributed by atoms with Gasteiger partial charge in [-0.1, -0.05) is 24.3 Å². The van der Waals surface area contributed by atoms with Crippen LogP contribution >= 0.6 is 0 Å². The van der Waals surface area contributed by atoms with E-state index in [0.717, 1.165) is 11.6 Å². The van der Waals surface area contributed by atoms with E-state index in [1.165, 1.54) is 29.7 Å². The van der Waals surface area contributed by atoms with Crippen LogP contribution in [0.2, 0.25) is 0 Å². The van der Waals surface area contributed by atoms with Crippen molar-refractivity contribution in [3.8, 4) is 0 Å². The molecule has 0 unspecified atom stereocenters. The van der Waals surface area contributed by atoms with Gasteiger partial charge in [-0.15, -0.1) is 0 Å². The number of benzene rings is 1. The van der Waals surface area contributed by atoms with E-state index in [9.17, 15) is 0 Å². The third kappa shape index (κ3) is 2.48. The molecule has 1 aromatic carbocycles. The molecule has 3 rings (SSSR count). The van der Waals surface area contributed by atoms with Crippen LogP contribution in [0.1, 0.15) is 35.6 Å². The minimum Gasteiger partial charge on any atom is -0.381 e. The van der Waals surface area contributed by atoms with E-state index in [0.29, 0.717) is 6.04 Å². The number of nitrogens with zero attached hydrogens (tertiary/aromatic N) is 1. The van der Waals surface area contributed by atoms with Crippen molar-refractivity contribution in [2.24, 2.45) is 0 Å². The first-order chi connectivity index (χ1) is 9.24. The van der Waals surface area contributed by atoms with Gasteiger partial charge in [-0.25, -0.2) is 0 Å². The lowest BCUT2D eigenvalue weighted by molar-refractivity contribution is 0.373. The van der Waals surface area contributed by atoms with Crippen LogP contribution in [0, 0.1) is 13.8 Å². The summed E-state index contributed by atoms with van der Waals surface area (Å²) in [6.07, 6.45) is 4.29. The van der Waals surface area contributed by atoms with Gasteiger partial charge in [0.25, 0.3) is 0 Å². The predicted molar refractivity (Wildman–Crippen MR) is 79.5 cm³/mol. The second kappa shape index (κ2) is 5.04. The third-order valence-corrected chi connectivity index (χ3v) is 4.13. The monoisotopic (exact) mass is 252 g/mol. The lowest BCUT2D eigenvalue weighted by atomic mass is 9.74. The van der Waals surface area contributed by atoms with Gasteiger partial charge in [-0.05, 0) is 55.9 Å². The summed E-state index contributed by atoms with van der Waals surface area (Å²) in [7, 11) is 0. The second-order valence-corrected chi connectivity index (χ2v) is 5.50. The quantitative estimate of drug-likeness (QED) is 0.891. The lowest BCUT2D eigenvalue weighted by Gasteiger charge is -2.37. The number of nitrogens with one attached hydrogen (secondary N) is 1. The normalized spacial score (nSPS) is 21.8. The highest BCUT2D eigenvalue weighted by molar-refractivity contribution is 5.48. The van der Waals surface area contributed by atoms with Crippen molar-refractivity contribution in [1.29, 1.82) is 0 Å². The zero-order valence-electron chi connectivity index (χ0n) is 11.6. The smallest absolute Gasteiger partial charge is 0.0603 e. The summed E-state index contributed by atoms with van der Waals surface area (Å²) in [6.45, 7) is 4.27. The first-order valence-corrected chi connectivity index (χ1v) is 6.97. The fraction of sp³-hybridized carbons (Fsp3) is 0.353. The molecule has 1 fully saturated rings. The highest BCUT2D eigenvalue weighted by Crippen LogP contribution is 2.39. The van der Waals surface area contributed by atoms with Gasteiger partial charge >= 0.3 is 0 Å². The molecule has 0 radical (unpaired) electrons. The van der Waals surface area contributed by atoms with Crippen LogP contribution in [0.15, 0.2) is 42.6 Å². The van der Waals surface area contributed by atoms with Gasteiger partial charge in [0.2, 0.25) is 0 Å². The maximum atomic E-state index is 4.32. The molecule has 0 amide bonds. The Balaban J connectivity index is 1.62. The van der Waals surface area contributed by atoms with Gasteiger partial charge in [0.05, 0.1) is 11.4 Å². The summed E-state index contributed by atoms with van der Waals surface area (Å²) in [5, 5.41) is 3.60. The largest absolute Gasteiger partial charge is 0.381 e. The molecule has 1 aromatic heterocycles. The maximum absolute atomic E-state index is 4.32. The summed E-state index contributed by atoms with van der Waals surface area (Å²) >= 11 is 0. The summed E-state index contributed by atoms with van der Waals surface area (Å²) in [4.78, 5) is 4.32. The van der Waals surface area contributed by atoms with E-state index in [1.54, 1.807) is 0 Å². The molecule has 1 saturated carbocycles. The maximum Gasteiger partial charge on any atom is 0.0603 e.